The fraction of sp³-hybridized carbons (Fsp3) is 0.667. The van der Waals surface area contributed by atoms with Crippen molar-refractivity contribution in [1.82, 2.24) is 9.97 Å². The normalized spacial score (nSPS) is 21.6. The van der Waals surface area contributed by atoms with Gasteiger partial charge < -0.3 is 15.4 Å². The van der Waals surface area contributed by atoms with Gasteiger partial charge in [-0.25, -0.2) is 9.97 Å². The summed E-state index contributed by atoms with van der Waals surface area (Å²) in [7, 11) is 1.63. The monoisotopic (exact) mass is 236 g/mol. The number of nitrogens with two attached hydrogens (primary N) is 1. The van der Waals surface area contributed by atoms with Crippen LogP contribution in [-0.4, -0.2) is 36.2 Å². The van der Waals surface area contributed by atoms with Crippen LogP contribution in [0.5, 0.6) is 5.88 Å². The van der Waals surface area contributed by atoms with Crippen molar-refractivity contribution in [2.75, 3.05) is 25.1 Å². The van der Waals surface area contributed by atoms with Crippen molar-refractivity contribution in [3.05, 3.63) is 11.9 Å². The molecule has 0 spiro atoms. The summed E-state index contributed by atoms with van der Waals surface area (Å²) in [6.07, 6.45) is 2.68. The highest BCUT2D eigenvalue weighted by Crippen LogP contribution is 2.29. The first-order chi connectivity index (χ1) is 8.13. The van der Waals surface area contributed by atoms with E-state index in [4.69, 9.17) is 10.5 Å². The van der Waals surface area contributed by atoms with Gasteiger partial charge in [-0.3, -0.25) is 0 Å². The summed E-state index contributed by atoms with van der Waals surface area (Å²) in [5.41, 5.74) is 6.95. The Morgan fingerprint density at radius 2 is 2.29 bits per heavy atom. The van der Waals surface area contributed by atoms with Gasteiger partial charge in [-0.15, -0.1) is 0 Å². The molecule has 2 atom stereocenters. The lowest BCUT2D eigenvalue weighted by Gasteiger charge is -2.21. The Balaban J connectivity index is 2.19. The molecule has 5 nitrogen and oxygen atoms in total. The van der Waals surface area contributed by atoms with Gasteiger partial charge in [0.15, 0.2) is 0 Å². The van der Waals surface area contributed by atoms with Crippen LogP contribution < -0.4 is 15.4 Å². The molecule has 1 aliphatic rings. The van der Waals surface area contributed by atoms with Gasteiger partial charge in [-0.05, 0) is 26.2 Å². The highest BCUT2D eigenvalue weighted by molar-refractivity contribution is 5.50. The molecule has 0 saturated carbocycles. The highest BCUT2D eigenvalue weighted by atomic mass is 16.5. The lowest BCUT2D eigenvalue weighted by Crippen LogP contribution is -2.30. The van der Waals surface area contributed by atoms with Crippen molar-refractivity contribution < 1.29 is 4.74 Å². The molecule has 0 bridgehead atoms. The molecule has 1 aromatic heterocycles. The zero-order chi connectivity index (χ0) is 12.4. The minimum atomic E-state index is 0.240. The Morgan fingerprint density at radius 3 is 2.88 bits per heavy atom. The summed E-state index contributed by atoms with van der Waals surface area (Å²) in [4.78, 5) is 10.7. The fourth-order valence-corrected chi connectivity index (χ4v) is 2.36. The molecule has 2 unspecified atom stereocenters. The van der Waals surface area contributed by atoms with Crippen LogP contribution in [0.3, 0.4) is 0 Å². The molecule has 0 radical (unpaired) electrons. The van der Waals surface area contributed by atoms with Crippen molar-refractivity contribution in [1.29, 1.82) is 0 Å². The van der Waals surface area contributed by atoms with E-state index >= 15 is 0 Å². The zero-order valence-electron chi connectivity index (χ0n) is 10.7. The van der Waals surface area contributed by atoms with Gasteiger partial charge in [0, 0.05) is 19.1 Å². The van der Waals surface area contributed by atoms with E-state index in [2.05, 4.69) is 21.8 Å². The van der Waals surface area contributed by atoms with E-state index in [1.165, 1.54) is 0 Å². The van der Waals surface area contributed by atoms with Crippen molar-refractivity contribution >= 4 is 5.82 Å². The second kappa shape index (κ2) is 4.87. The van der Waals surface area contributed by atoms with Gasteiger partial charge in [0.1, 0.15) is 12.1 Å². The third-order valence-corrected chi connectivity index (χ3v) is 3.47. The molecule has 1 fully saturated rings. The van der Waals surface area contributed by atoms with Crippen LogP contribution in [-0.2, 0) is 0 Å². The topological polar surface area (TPSA) is 64.3 Å². The van der Waals surface area contributed by atoms with Crippen molar-refractivity contribution in [2.24, 2.45) is 11.7 Å². The summed E-state index contributed by atoms with van der Waals surface area (Å²) in [5.74, 6) is 2.18. The first-order valence-corrected chi connectivity index (χ1v) is 5.99. The van der Waals surface area contributed by atoms with E-state index < -0.39 is 0 Å². The molecule has 1 aromatic rings. The minimum Gasteiger partial charge on any atom is -0.481 e. The number of hydrogen-bond acceptors (Lipinski definition) is 5. The number of aromatic nitrogens is 2. The summed E-state index contributed by atoms with van der Waals surface area (Å²) in [5, 5.41) is 0. The molecule has 5 heteroatoms. The maximum Gasteiger partial charge on any atom is 0.221 e. The third kappa shape index (κ3) is 2.34. The summed E-state index contributed by atoms with van der Waals surface area (Å²) in [6, 6.07) is 0.240. The molecule has 0 aromatic carbocycles. The Bertz CT molecular complexity index is 394. The molecule has 0 amide bonds. The number of anilines is 1. The number of nitrogens with zero attached hydrogens (tertiary/aromatic N) is 3. The predicted octanol–water partition coefficient (Wildman–Crippen LogP) is 0.967. The van der Waals surface area contributed by atoms with Gasteiger partial charge >= 0.3 is 0 Å². The second-order valence-electron chi connectivity index (χ2n) is 4.69. The van der Waals surface area contributed by atoms with E-state index in [0.717, 1.165) is 30.9 Å². The van der Waals surface area contributed by atoms with E-state index in [1.807, 2.05) is 6.92 Å². The van der Waals surface area contributed by atoms with E-state index in [9.17, 15) is 0 Å². The molecule has 2 heterocycles. The quantitative estimate of drug-likeness (QED) is 0.847. The van der Waals surface area contributed by atoms with Crippen LogP contribution in [0.4, 0.5) is 5.82 Å². The molecular weight excluding hydrogens is 216 g/mol. The van der Waals surface area contributed by atoms with E-state index in [1.54, 1.807) is 13.4 Å². The lowest BCUT2D eigenvalue weighted by atomic mass is 10.0. The Labute approximate surface area is 102 Å². The molecule has 1 aliphatic heterocycles. The zero-order valence-corrected chi connectivity index (χ0v) is 10.7. The van der Waals surface area contributed by atoms with Gasteiger partial charge in [-0.2, -0.15) is 0 Å². The predicted molar refractivity (Wildman–Crippen MR) is 67.3 cm³/mol. The molecular formula is C12H20N4O. The van der Waals surface area contributed by atoms with Gasteiger partial charge in [0.25, 0.3) is 0 Å². The van der Waals surface area contributed by atoms with Gasteiger partial charge in [0.2, 0.25) is 5.88 Å². The van der Waals surface area contributed by atoms with Crippen molar-refractivity contribution in [3.63, 3.8) is 0 Å². The smallest absolute Gasteiger partial charge is 0.221 e. The molecule has 17 heavy (non-hydrogen) atoms. The first-order valence-electron chi connectivity index (χ1n) is 5.99. The third-order valence-electron chi connectivity index (χ3n) is 3.47. The van der Waals surface area contributed by atoms with Crippen molar-refractivity contribution in [2.45, 2.75) is 26.3 Å². The number of methoxy groups -OCH3 is 1. The van der Waals surface area contributed by atoms with Gasteiger partial charge in [-0.1, -0.05) is 0 Å². The van der Waals surface area contributed by atoms with Crippen LogP contribution in [0.1, 0.15) is 18.9 Å². The summed E-state index contributed by atoms with van der Waals surface area (Å²) < 4.78 is 5.22. The standard InChI is InChI=1S/C12H20N4O/c1-8-11(14-7-15-12(8)17-3)16-5-4-10(6-16)9(2)13/h7,9-10H,4-6,13H2,1-3H3. The second-order valence-corrected chi connectivity index (χ2v) is 4.69. The van der Waals surface area contributed by atoms with Crippen LogP contribution in [0.2, 0.25) is 0 Å². The van der Waals surface area contributed by atoms with Crippen LogP contribution in [0, 0.1) is 12.8 Å². The van der Waals surface area contributed by atoms with E-state index in [-0.39, 0.29) is 6.04 Å². The number of rotatable bonds is 3. The molecule has 2 rings (SSSR count). The Kier molecular flexibility index (Phi) is 3.47. The number of ether oxygens (including phenoxy) is 1. The lowest BCUT2D eigenvalue weighted by molar-refractivity contribution is 0.393. The van der Waals surface area contributed by atoms with Gasteiger partial charge in [0.05, 0.1) is 12.7 Å². The largest absolute Gasteiger partial charge is 0.481 e. The highest BCUT2D eigenvalue weighted by Gasteiger charge is 2.27. The molecule has 0 aliphatic carbocycles. The maximum atomic E-state index is 5.95. The summed E-state index contributed by atoms with van der Waals surface area (Å²) in [6.45, 7) is 6.04. The van der Waals surface area contributed by atoms with Crippen LogP contribution in [0.15, 0.2) is 6.33 Å². The average Bonchev–Trinajstić information content (AvgIpc) is 2.78. The first kappa shape index (κ1) is 12.1. The van der Waals surface area contributed by atoms with Crippen LogP contribution >= 0.6 is 0 Å². The summed E-state index contributed by atoms with van der Waals surface area (Å²) >= 11 is 0. The van der Waals surface area contributed by atoms with E-state index in [0.29, 0.717) is 11.8 Å². The SMILES string of the molecule is COc1ncnc(N2CCC(C(C)N)C2)c1C. The van der Waals surface area contributed by atoms with Crippen LogP contribution in [0.25, 0.3) is 0 Å². The molecule has 94 valence electrons. The minimum absolute atomic E-state index is 0.240. The Hall–Kier alpha value is -1.36. The molecule has 1 saturated heterocycles. The maximum absolute atomic E-state index is 5.95. The fourth-order valence-electron chi connectivity index (χ4n) is 2.36. The van der Waals surface area contributed by atoms with Crippen molar-refractivity contribution in [3.8, 4) is 5.88 Å². The number of hydrogen-bond donors (Lipinski definition) is 1. The average molecular weight is 236 g/mol. The Morgan fingerprint density at radius 1 is 1.53 bits per heavy atom. The molecule has 2 N–H and O–H groups in total.